The lowest BCUT2D eigenvalue weighted by molar-refractivity contribution is -0.131. The first-order valence-corrected chi connectivity index (χ1v) is 10.6. The van der Waals surface area contributed by atoms with Crippen molar-refractivity contribution in [3.05, 3.63) is 66.0 Å². The van der Waals surface area contributed by atoms with Crippen LogP contribution in [0.5, 0.6) is 0 Å². The summed E-state index contributed by atoms with van der Waals surface area (Å²) in [6.45, 7) is 7.76. The maximum Gasteiger partial charge on any atom is 0.251 e. The molecule has 3 rings (SSSR count). The van der Waals surface area contributed by atoms with E-state index in [0.717, 1.165) is 37.0 Å². The zero-order valence-electron chi connectivity index (χ0n) is 18.0. The minimum Gasteiger partial charge on any atom is -0.342 e. The predicted molar refractivity (Wildman–Crippen MR) is 119 cm³/mol. The van der Waals surface area contributed by atoms with Crippen LogP contribution in [0.15, 0.2) is 54.6 Å². The molecular weight excluding hydrogens is 376 g/mol. The van der Waals surface area contributed by atoms with Crippen LogP contribution in [0.1, 0.15) is 55.8 Å². The van der Waals surface area contributed by atoms with Gasteiger partial charge in [0.1, 0.15) is 12.4 Å². The molecule has 0 saturated heterocycles. The van der Waals surface area contributed by atoms with Crippen molar-refractivity contribution >= 4 is 22.8 Å². The average Bonchev–Trinajstić information content (AvgIpc) is 3.12. The summed E-state index contributed by atoms with van der Waals surface area (Å²) >= 11 is 0. The van der Waals surface area contributed by atoms with E-state index in [2.05, 4.69) is 19.2 Å². The first-order chi connectivity index (χ1) is 14.5. The van der Waals surface area contributed by atoms with Gasteiger partial charge in [-0.1, -0.05) is 44.2 Å². The number of hydrogen-bond acceptors (Lipinski definition) is 3. The van der Waals surface area contributed by atoms with Crippen LogP contribution < -0.4 is 5.32 Å². The van der Waals surface area contributed by atoms with Crippen LogP contribution in [0.3, 0.4) is 0 Å². The third-order valence-corrected chi connectivity index (χ3v) is 5.09. The van der Waals surface area contributed by atoms with Crippen LogP contribution in [-0.4, -0.2) is 39.4 Å². The SMILES string of the molecule is CCCN(CCC)C(=O)Cn1c(C(C)NC(=O)c2ccccc2)nc2ccccc21. The van der Waals surface area contributed by atoms with Gasteiger partial charge in [-0.3, -0.25) is 9.59 Å². The van der Waals surface area contributed by atoms with Gasteiger partial charge in [-0.05, 0) is 44.0 Å². The van der Waals surface area contributed by atoms with Gasteiger partial charge in [0.15, 0.2) is 0 Å². The number of amides is 2. The molecule has 1 aromatic heterocycles. The lowest BCUT2D eigenvalue weighted by Crippen LogP contribution is -2.36. The number of aromatic nitrogens is 2. The summed E-state index contributed by atoms with van der Waals surface area (Å²) in [5.41, 5.74) is 2.31. The van der Waals surface area contributed by atoms with Gasteiger partial charge in [0.2, 0.25) is 5.91 Å². The highest BCUT2D eigenvalue weighted by molar-refractivity contribution is 5.94. The van der Waals surface area contributed by atoms with Gasteiger partial charge in [0.05, 0.1) is 17.1 Å². The molecule has 1 atom stereocenters. The van der Waals surface area contributed by atoms with Crippen molar-refractivity contribution in [1.29, 1.82) is 0 Å². The Labute approximate surface area is 177 Å². The van der Waals surface area contributed by atoms with E-state index >= 15 is 0 Å². The molecule has 0 aliphatic heterocycles. The van der Waals surface area contributed by atoms with Gasteiger partial charge in [-0.15, -0.1) is 0 Å². The molecule has 1 N–H and O–H groups in total. The lowest BCUT2D eigenvalue weighted by Gasteiger charge is -2.23. The van der Waals surface area contributed by atoms with Crippen LogP contribution in [0, 0.1) is 0 Å². The summed E-state index contributed by atoms with van der Waals surface area (Å²) in [6.07, 6.45) is 1.85. The molecule has 3 aromatic rings. The highest BCUT2D eigenvalue weighted by Crippen LogP contribution is 2.21. The first-order valence-electron chi connectivity index (χ1n) is 10.6. The third-order valence-electron chi connectivity index (χ3n) is 5.09. The molecule has 2 aromatic carbocycles. The van der Waals surface area contributed by atoms with E-state index in [0.29, 0.717) is 11.4 Å². The molecule has 0 bridgehead atoms. The van der Waals surface area contributed by atoms with Gasteiger partial charge in [0.25, 0.3) is 5.91 Å². The Kier molecular flexibility index (Phi) is 7.22. The molecule has 0 aliphatic carbocycles. The number of hydrogen-bond donors (Lipinski definition) is 1. The van der Waals surface area contributed by atoms with E-state index < -0.39 is 0 Å². The Bertz CT molecular complexity index is 991. The number of nitrogens with zero attached hydrogens (tertiary/aromatic N) is 3. The number of nitrogens with one attached hydrogen (secondary N) is 1. The minimum atomic E-state index is -0.344. The third kappa shape index (κ3) is 4.87. The van der Waals surface area contributed by atoms with E-state index in [4.69, 9.17) is 4.98 Å². The second kappa shape index (κ2) is 10.1. The highest BCUT2D eigenvalue weighted by Gasteiger charge is 2.22. The largest absolute Gasteiger partial charge is 0.342 e. The first kappa shape index (κ1) is 21.6. The summed E-state index contributed by atoms with van der Waals surface area (Å²) < 4.78 is 1.94. The van der Waals surface area contributed by atoms with Crippen LogP contribution >= 0.6 is 0 Å². The van der Waals surface area contributed by atoms with Crippen molar-refractivity contribution in [3.8, 4) is 0 Å². The highest BCUT2D eigenvalue weighted by atomic mass is 16.2. The van der Waals surface area contributed by atoms with Crippen LogP contribution in [0.25, 0.3) is 11.0 Å². The van der Waals surface area contributed by atoms with Gasteiger partial charge in [-0.25, -0.2) is 4.98 Å². The fourth-order valence-electron chi connectivity index (χ4n) is 3.66. The Morgan fingerprint density at radius 3 is 2.30 bits per heavy atom. The quantitative estimate of drug-likeness (QED) is 0.580. The Balaban J connectivity index is 1.89. The number of benzene rings is 2. The van der Waals surface area contributed by atoms with E-state index in [1.54, 1.807) is 12.1 Å². The molecule has 158 valence electrons. The lowest BCUT2D eigenvalue weighted by atomic mass is 10.2. The number of carbonyl (C=O) groups is 2. The van der Waals surface area contributed by atoms with Crippen molar-refractivity contribution in [1.82, 2.24) is 19.8 Å². The Morgan fingerprint density at radius 2 is 1.63 bits per heavy atom. The second-order valence-electron chi connectivity index (χ2n) is 7.49. The number of rotatable bonds is 9. The monoisotopic (exact) mass is 406 g/mol. The number of fused-ring (bicyclic) bond motifs is 1. The standard InChI is InChI=1S/C24H30N4O2/c1-4-15-27(16-5-2)22(29)17-28-21-14-10-9-13-20(21)26-23(28)18(3)25-24(30)19-11-7-6-8-12-19/h6-14,18H,4-5,15-17H2,1-3H3,(H,25,30). The van der Waals surface area contributed by atoms with Gasteiger partial charge < -0.3 is 14.8 Å². The van der Waals surface area contributed by atoms with E-state index in [9.17, 15) is 9.59 Å². The number of carbonyl (C=O) groups excluding carboxylic acids is 2. The molecule has 30 heavy (non-hydrogen) atoms. The Morgan fingerprint density at radius 1 is 1.00 bits per heavy atom. The van der Waals surface area contributed by atoms with Gasteiger partial charge in [-0.2, -0.15) is 0 Å². The molecular formula is C24H30N4O2. The van der Waals surface area contributed by atoms with Crippen molar-refractivity contribution in [3.63, 3.8) is 0 Å². The summed E-state index contributed by atoms with van der Waals surface area (Å²) in [6, 6.07) is 16.5. The molecule has 0 fully saturated rings. The summed E-state index contributed by atoms with van der Waals surface area (Å²) in [4.78, 5) is 32.3. The molecule has 2 amide bonds. The van der Waals surface area contributed by atoms with Crippen molar-refractivity contribution < 1.29 is 9.59 Å². The zero-order valence-corrected chi connectivity index (χ0v) is 18.0. The second-order valence-corrected chi connectivity index (χ2v) is 7.49. The normalized spacial score (nSPS) is 12.0. The summed E-state index contributed by atoms with van der Waals surface area (Å²) in [7, 11) is 0. The predicted octanol–water partition coefficient (Wildman–Crippen LogP) is 4.18. The smallest absolute Gasteiger partial charge is 0.251 e. The Hall–Kier alpha value is -3.15. The van der Waals surface area contributed by atoms with E-state index in [1.165, 1.54) is 0 Å². The fraction of sp³-hybridized carbons (Fsp3) is 0.375. The zero-order chi connectivity index (χ0) is 21.5. The van der Waals surface area contributed by atoms with Crippen LogP contribution in [0.2, 0.25) is 0 Å². The number of imidazole rings is 1. The van der Waals surface area contributed by atoms with Crippen LogP contribution in [-0.2, 0) is 11.3 Å². The molecule has 1 unspecified atom stereocenters. The van der Waals surface area contributed by atoms with Gasteiger partial charge in [0, 0.05) is 18.7 Å². The number of para-hydroxylation sites is 2. The summed E-state index contributed by atoms with van der Waals surface area (Å²) in [5.74, 6) is 0.595. The summed E-state index contributed by atoms with van der Waals surface area (Å²) in [5, 5.41) is 3.02. The maximum atomic E-state index is 13.0. The molecule has 0 radical (unpaired) electrons. The average molecular weight is 407 g/mol. The maximum absolute atomic E-state index is 13.0. The topological polar surface area (TPSA) is 67.2 Å². The van der Waals surface area contributed by atoms with Crippen molar-refractivity contribution in [2.75, 3.05) is 13.1 Å². The minimum absolute atomic E-state index is 0.0738. The molecule has 0 saturated carbocycles. The van der Waals surface area contributed by atoms with E-state index in [-0.39, 0.29) is 24.4 Å². The molecule has 6 heteroatoms. The molecule has 0 spiro atoms. The molecule has 1 heterocycles. The molecule has 6 nitrogen and oxygen atoms in total. The van der Waals surface area contributed by atoms with E-state index in [1.807, 2.05) is 58.9 Å². The van der Waals surface area contributed by atoms with Crippen molar-refractivity contribution in [2.45, 2.75) is 46.2 Å². The van der Waals surface area contributed by atoms with Gasteiger partial charge >= 0.3 is 0 Å². The van der Waals surface area contributed by atoms with Crippen LogP contribution in [0.4, 0.5) is 0 Å². The fourth-order valence-corrected chi connectivity index (χ4v) is 3.66. The van der Waals surface area contributed by atoms with Crippen molar-refractivity contribution in [2.24, 2.45) is 0 Å². The molecule has 0 aliphatic rings.